The molecule has 0 bridgehead atoms. The summed E-state index contributed by atoms with van der Waals surface area (Å²) in [6.07, 6.45) is -0.599. The van der Waals surface area contributed by atoms with Gasteiger partial charge in [-0.25, -0.2) is 4.79 Å². The van der Waals surface area contributed by atoms with Gasteiger partial charge in [0.2, 0.25) is 17.7 Å². The summed E-state index contributed by atoms with van der Waals surface area (Å²) in [5.74, 6) is -5.13. The van der Waals surface area contributed by atoms with Gasteiger partial charge in [0.25, 0.3) is 0 Å². The Balaban J connectivity index is 2.03. The van der Waals surface area contributed by atoms with Gasteiger partial charge in [-0.1, -0.05) is 42.5 Å². The third kappa shape index (κ3) is 9.43. The lowest BCUT2D eigenvalue weighted by atomic mass is 10.0. The first-order valence-electron chi connectivity index (χ1n) is 10.9. The fraction of sp³-hybridized carbons (Fsp3) is 0.292. The fourth-order valence-corrected chi connectivity index (χ4v) is 3.23. The minimum absolute atomic E-state index is 0.0676. The average molecular weight is 501 g/mol. The smallest absolute Gasteiger partial charge is 0.326 e. The van der Waals surface area contributed by atoms with Crippen LogP contribution in [0.1, 0.15) is 17.5 Å². The highest BCUT2D eigenvalue weighted by Crippen LogP contribution is 2.11. The molecule has 0 aliphatic heterocycles. The maximum absolute atomic E-state index is 12.8. The number of aromatic hydroxyl groups is 1. The van der Waals surface area contributed by atoms with Crippen LogP contribution in [0.15, 0.2) is 54.6 Å². The van der Waals surface area contributed by atoms with Gasteiger partial charge in [-0.3, -0.25) is 19.2 Å². The molecule has 0 saturated carbocycles. The van der Waals surface area contributed by atoms with E-state index in [0.29, 0.717) is 5.56 Å². The van der Waals surface area contributed by atoms with Crippen LogP contribution in [-0.2, 0) is 36.8 Å². The van der Waals surface area contributed by atoms with Crippen LogP contribution < -0.4 is 21.7 Å². The number of carbonyl (C=O) groups excluding carboxylic acids is 3. The molecule has 36 heavy (non-hydrogen) atoms. The summed E-state index contributed by atoms with van der Waals surface area (Å²) in [6.45, 7) is -0.636. The molecule has 2 aromatic rings. The zero-order chi connectivity index (χ0) is 26.7. The molecule has 192 valence electrons. The van der Waals surface area contributed by atoms with Crippen molar-refractivity contribution in [2.24, 2.45) is 5.73 Å². The zero-order valence-corrected chi connectivity index (χ0v) is 19.2. The molecule has 8 N–H and O–H groups in total. The highest BCUT2D eigenvalue weighted by molar-refractivity contribution is 5.93. The van der Waals surface area contributed by atoms with Crippen molar-refractivity contribution in [3.05, 3.63) is 65.7 Å². The van der Waals surface area contributed by atoms with E-state index in [1.165, 1.54) is 12.1 Å². The predicted octanol–water partition coefficient (Wildman–Crippen LogP) is -0.850. The lowest BCUT2D eigenvalue weighted by Gasteiger charge is -2.21. The van der Waals surface area contributed by atoms with Crippen molar-refractivity contribution in [3.8, 4) is 5.75 Å². The molecule has 0 aliphatic carbocycles. The number of hydrogen-bond acceptors (Lipinski definition) is 7. The number of carboxylic acids is 2. The van der Waals surface area contributed by atoms with Gasteiger partial charge in [-0.15, -0.1) is 0 Å². The topological polar surface area (TPSA) is 208 Å². The van der Waals surface area contributed by atoms with Gasteiger partial charge in [0.05, 0.1) is 19.0 Å². The molecule has 3 unspecified atom stereocenters. The van der Waals surface area contributed by atoms with Crippen molar-refractivity contribution >= 4 is 29.7 Å². The molecule has 3 atom stereocenters. The first kappa shape index (κ1) is 27.8. The molecular weight excluding hydrogens is 472 g/mol. The molecule has 3 amide bonds. The third-order valence-corrected chi connectivity index (χ3v) is 5.08. The number of hydrogen-bond donors (Lipinski definition) is 7. The number of carboxylic acid groups (broad SMARTS) is 2. The van der Waals surface area contributed by atoms with Gasteiger partial charge in [0.1, 0.15) is 17.8 Å². The number of phenols is 1. The Morgan fingerprint density at radius 1 is 0.778 bits per heavy atom. The Labute approximate surface area is 206 Å². The Morgan fingerprint density at radius 2 is 1.39 bits per heavy atom. The fourth-order valence-electron chi connectivity index (χ4n) is 3.23. The summed E-state index contributed by atoms with van der Waals surface area (Å²) in [7, 11) is 0. The van der Waals surface area contributed by atoms with Crippen LogP contribution in [0.5, 0.6) is 5.75 Å². The summed E-state index contributed by atoms with van der Waals surface area (Å²) in [5, 5.41) is 34.1. The molecule has 0 spiro atoms. The summed E-state index contributed by atoms with van der Waals surface area (Å²) >= 11 is 0. The van der Waals surface area contributed by atoms with Gasteiger partial charge in [-0.05, 0) is 29.7 Å². The van der Waals surface area contributed by atoms with Crippen molar-refractivity contribution in [2.45, 2.75) is 37.4 Å². The second-order valence-corrected chi connectivity index (χ2v) is 8.00. The Morgan fingerprint density at radius 3 is 1.97 bits per heavy atom. The van der Waals surface area contributed by atoms with Crippen LogP contribution in [0.25, 0.3) is 0 Å². The normalized spacial score (nSPS) is 13.0. The Kier molecular flexibility index (Phi) is 10.4. The number of aliphatic carboxylic acids is 2. The Hall–Kier alpha value is -4.45. The van der Waals surface area contributed by atoms with E-state index in [4.69, 9.17) is 15.9 Å². The van der Waals surface area contributed by atoms with Crippen molar-refractivity contribution in [1.82, 2.24) is 16.0 Å². The molecule has 0 heterocycles. The highest BCUT2D eigenvalue weighted by Gasteiger charge is 2.26. The van der Waals surface area contributed by atoms with Gasteiger partial charge >= 0.3 is 11.9 Å². The molecule has 12 heteroatoms. The van der Waals surface area contributed by atoms with Gasteiger partial charge in [0, 0.05) is 6.42 Å². The molecule has 2 rings (SSSR count). The first-order valence-corrected chi connectivity index (χ1v) is 10.9. The quantitative estimate of drug-likeness (QED) is 0.182. The van der Waals surface area contributed by atoms with Crippen LogP contribution >= 0.6 is 0 Å². The van der Waals surface area contributed by atoms with Crippen LogP contribution in [0, 0.1) is 0 Å². The van der Waals surface area contributed by atoms with Gasteiger partial charge in [0.15, 0.2) is 0 Å². The van der Waals surface area contributed by atoms with E-state index in [1.54, 1.807) is 42.5 Å². The standard InChI is InChI=1S/C24H28N4O8/c25-17(10-15-6-8-16(29)9-7-15)22(33)28-18(11-14-4-2-1-3-5-14)23(34)26-13-20(30)27-19(24(35)36)12-21(31)32/h1-9,17-19,29H,10-13,25H2,(H,26,34)(H,27,30)(H,28,33)(H,31,32)(H,35,36). The third-order valence-electron chi connectivity index (χ3n) is 5.08. The number of carbonyl (C=O) groups is 5. The number of rotatable bonds is 13. The SMILES string of the molecule is NC(Cc1ccc(O)cc1)C(=O)NC(Cc1ccccc1)C(=O)NCC(=O)NC(CC(=O)O)C(=O)O. The number of nitrogens with two attached hydrogens (primary N) is 1. The summed E-state index contributed by atoms with van der Waals surface area (Å²) in [4.78, 5) is 59.5. The maximum Gasteiger partial charge on any atom is 0.326 e. The van der Waals surface area contributed by atoms with Crippen molar-refractivity contribution in [2.75, 3.05) is 6.54 Å². The number of benzene rings is 2. The molecule has 2 aromatic carbocycles. The number of amides is 3. The number of nitrogens with one attached hydrogen (secondary N) is 3. The average Bonchev–Trinajstić information content (AvgIpc) is 2.83. The monoisotopic (exact) mass is 500 g/mol. The van der Waals surface area contributed by atoms with Gasteiger partial charge < -0.3 is 37.0 Å². The highest BCUT2D eigenvalue weighted by atomic mass is 16.4. The van der Waals surface area contributed by atoms with E-state index in [-0.39, 0.29) is 18.6 Å². The van der Waals surface area contributed by atoms with Crippen LogP contribution in [0.4, 0.5) is 0 Å². The molecule has 0 radical (unpaired) electrons. The van der Waals surface area contributed by atoms with E-state index >= 15 is 0 Å². The molecule has 12 nitrogen and oxygen atoms in total. The van der Waals surface area contributed by atoms with Crippen LogP contribution in [0.2, 0.25) is 0 Å². The van der Waals surface area contributed by atoms with E-state index in [9.17, 15) is 29.1 Å². The van der Waals surface area contributed by atoms with Crippen LogP contribution in [-0.4, -0.2) is 69.7 Å². The van der Waals surface area contributed by atoms with Crippen molar-refractivity contribution in [3.63, 3.8) is 0 Å². The molecule has 0 aliphatic rings. The molecule has 0 saturated heterocycles. The lowest BCUT2D eigenvalue weighted by Crippen LogP contribution is -2.54. The summed E-state index contributed by atoms with van der Waals surface area (Å²) < 4.78 is 0. The van der Waals surface area contributed by atoms with E-state index in [2.05, 4.69) is 10.6 Å². The van der Waals surface area contributed by atoms with E-state index in [1.807, 2.05) is 5.32 Å². The zero-order valence-electron chi connectivity index (χ0n) is 19.2. The Bertz CT molecular complexity index is 1080. The molecule has 0 aromatic heterocycles. The largest absolute Gasteiger partial charge is 0.508 e. The summed E-state index contributed by atoms with van der Waals surface area (Å²) in [5.41, 5.74) is 7.42. The van der Waals surface area contributed by atoms with E-state index in [0.717, 1.165) is 5.56 Å². The van der Waals surface area contributed by atoms with Crippen molar-refractivity contribution in [1.29, 1.82) is 0 Å². The van der Waals surface area contributed by atoms with Crippen molar-refractivity contribution < 1.29 is 39.3 Å². The molecular formula is C24H28N4O8. The van der Waals surface area contributed by atoms with Crippen LogP contribution in [0.3, 0.4) is 0 Å². The lowest BCUT2D eigenvalue weighted by molar-refractivity contribution is -0.147. The van der Waals surface area contributed by atoms with Gasteiger partial charge in [-0.2, -0.15) is 0 Å². The second kappa shape index (κ2) is 13.4. The maximum atomic E-state index is 12.8. The second-order valence-electron chi connectivity index (χ2n) is 8.00. The predicted molar refractivity (Wildman–Crippen MR) is 127 cm³/mol. The van der Waals surface area contributed by atoms with E-state index < -0.39 is 60.8 Å². The summed E-state index contributed by atoms with van der Waals surface area (Å²) in [6, 6.07) is 11.2. The first-order chi connectivity index (χ1) is 17.0. The minimum Gasteiger partial charge on any atom is -0.508 e. The molecule has 0 fully saturated rings. The number of phenolic OH excluding ortho intramolecular Hbond substituents is 1. The minimum atomic E-state index is -1.66.